The van der Waals surface area contributed by atoms with Crippen molar-refractivity contribution in [2.75, 3.05) is 11.4 Å². The molecule has 0 bridgehead atoms. The fourth-order valence-electron chi connectivity index (χ4n) is 1.63. The van der Waals surface area contributed by atoms with Crippen molar-refractivity contribution in [1.29, 1.82) is 0 Å². The lowest BCUT2D eigenvalue weighted by Crippen LogP contribution is -2.35. The van der Waals surface area contributed by atoms with E-state index in [2.05, 4.69) is 36.9 Å². The molecule has 2 nitrogen and oxygen atoms in total. The van der Waals surface area contributed by atoms with E-state index in [4.69, 9.17) is 5.73 Å². The molecule has 0 amide bonds. The molecule has 1 aromatic carbocycles. The van der Waals surface area contributed by atoms with E-state index < -0.39 is 0 Å². The number of benzene rings is 1. The molecule has 0 saturated heterocycles. The molecule has 0 aliphatic carbocycles. The molecule has 1 aliphatic rings. The predicted octanol–water partition coefficient (Wildman–Crippen LogP) is 2.17. The molecule has 0 aromatic heterocycles. The van der Waals surface area contributed by atoms with E-state index in [1.54, 1.807) is 11.8 Å². The normalized spacial score (nSPS) is 20.5. The summed E-state index contributed by atoms with van der Waals surface area (Å²) in [6.45, 7) is 5.22. The first kappa shape index (κ1) is 8.91. The van der Waals surface area contributed by atoms with Gasteiger partial charge in [0.2, 0.25) is 0 Å². The number of anilines is 1. The predicted molar refractivity (Wildman–Crippen MR) is 58.0 cm³/mol. The fourth-order valence-corrected chi connectivity index (χ4v) is 2.84. The third-order valence-electron chi connectivity index (χ3n) is 2.32. The van der Waals surface area contributed by atoms with Gasteiger partial charge >= 0.3 is 0 Å². The van der Waals surface area contributed by atoms with Crippen LogP contribution in [-0.4, -0.2) is 12.0 Å². The van der Waals surface area contributed by atoms with Crippen LogP contribution in [0.25, 0.3) is 0 Å². The zero-order valence-electron chi connectivity index (χ0n) is 7.95. The summed E-state index contributed by atoms with van der Waals surface area (Å²) in [5.74, 6) is 0. The molecule has 0 saturated carbocycles. The minimum Gasteiger partial charge on any atom is -0.346 e. The molecule has 1 aromatic rings. The minimum atomic E-state index is 0.0989. The van der Waals surface area contributed by atoms with Crippen LogP contribution in [0.15, 0.2) is 23.1 Å². The molecular weight excluding hydrogens is 180 g/mol. The Labute approximate surface area is 83.1 Å². The third kappa shape index (κ3) is 1.42. The van der Waals surface area contributed by atoms with Gasteiger partial charge in [0.05, 0.1) is 5.69 Å². The molecular formula is C10H14N2S. The van der Waals surface area contributed by atoms with E-state index in [-0.39, 0.29) is 5.50 Å². The number of rotatable bonds is 1. The largest absolute Gasteiger partial charge is 0.346 e. The van der Waals surface area contributed by atoms with Crippen molar-refractivity contribution in [2.45, 2.75) is 24.2 Å². The quantitative estimate of drug-likeness (QED) is 0.743. The summed E-state index contributed by atoms with van der Waals surface area (Å²) in [5, 5.41) is 0. The molecule has 2 rings (SSSR count). The second kappa shape index (κ2) is 3.24. The fraction of sp³-hybridized carbons (Fsp3) is 0.400. The van der Waals surface area contributed by atoms with Crippen molar-refractivity contribution in [3.63, 3.8) is 0 Å². The standard InChI is InChI=1S/C10H14N2S/c1-3-12-8-5-4-7(2)6-9(8)13-10(12)11/h4-6,10H,3,11H2,1-2H3. The van der Waals surface area contributed by atoms with E-state index >= 15 is 0 Å². The highest BCUT2D eigenvalue weighted by molar-refractivity contribution is 8.00. The molecule has 70 valence electrons. The lowest BCUT2D eigenvalue weighted by atomic mass is 10.2. The Kier molecular flexibility index (Phi) is 2.22. The van der Waals surface area contributed by atoms with Crippen LogP contribution in [0.3, 0.4) is 0 Å². The molecule has 13 heavy (non-hydrogen) atoms. The summed E-state index contributed by atoms with van der Waals surface area (Å²) in [6, 6.07) is 6.50. The first-order chi connectivity index (χ1) is 6.22. The average molecular weight is 194 g/mol. The first-order valence-electron chi connectivity index (χ1n) is 4.52. The minimum absolute atomic E-state index is 0.0989. The van der Waals surface area contributed by atoms with Crippen molar-refractivity contribution in [3.8, 4) is 0 Å². The Bertz CT molecular complexity index is 325. The second-order valence-corrected chi connectivity index (χ2v) is 4.42. The lowest BCUT2D eigenvalue weighted by molar-refractivity contribution is 0.808. The number of hydrogen-bond acceptors (Lipinski definition) is 3. The summed E-state index contributed by atoms with van der Waals surface area (Å²) in [7, 11) is 0. The highest BCUT2D eigenvalue weighted by atomic mass is 32.2. The third-order valence-corrected chi connectivity index (χ3v) is 3.40. The zero-order valence-corrected chi connectivity index (χ0v) is 8.77. The van der Waals surface area contributed by atoms with Gasteiger partial charge in [-0.15, -0.1) is 0 Å². The topological polar surface area (TPSA) is 29.3 Å². The van der Waals surface area contributed by atoms with Gasteiger partial charge in [-0.25, -0.2) is 0 Å². The van der Waals surface area contributed by atoms with E-state index in [9.17, 15) is 0 Å². The van der Waals surface area contributed by atoms with Crippen LogP contribution in [0.5, 0.6) is 0 Å². The van der Waals surface area contributed by atoms with Crippen molar-refractivity contribution >= 4 is 17.4 Å². The van der Waals surface area contributed by atoms with Crippen LogP contribution in [0.2, 0.25) is 0 Å². The van der Waals surface area contributed by atoms with Crippen molar-refractivity contribution in [2.24, 2.45) is 5.73 Å². The summed E-state index contributed by atoms with van der Waals surface area (Å²) < 4.78 is 0. The van der Waals surface area contributed by atoms with E-state index in [0.717, 1.165) is 6.54 Å². The highest BCUT2D eigenvalue weighted by Crippen LogP contribution is 2.41. The number of hydrogen-bond donors (Lipinski definition) is 1. The number of nitrogens with zero attached hydrogens (tertiary/aromatic N) is 1. The van der Waals surface area contributed by atoms with E-state index in [1.807, 2.05) is 0 Å². The zero-order chi connectivity index (χ0) is 9.42. The summed E-state index contributed by atoms with van der Waals surface area (Å²) in [5.41, 5.74) is 8.66. The number of fused-ring (bicyclic) bond motifs is 1. The average Bonchev–Trinajstić information content (AvgIpc) is 2.39. The number of thioether (sulfide) groups is 1. The summed E-state index contributed by atoms with van der Waals surface area (Å²) >= 11 is 1.74. The van der Waals surface area contributed by atoms with Gasteiger partial charge in [0.25, 0.3) is 0 Å². The Morgan fingerprint density at radius 3 is 3.00 bits per heavy atom. The smallest absolute Gasteiger partial charge is 0.130 e. The van der Waals surface area contributed by atoms with Crippen LogP contribution in [0.1, 0.15) is 12.5 Å². The highest BCUT2D eigenvalue weighted by Gasteiger charge is 2.25. The van der Waals surface area contributed by atoms with Gasteiger partial charge in [0, 0.05) is 11.4 Å². The molecule has 2 N–H and O–H groups in total. The molecule has 1 aliphatic heterocycles. The molecule has 1 atom stereocenters. The van der Waals surface area contributed by atoms with Gasteiger partial charge in [0.15, 0.2) is 0 Å². The number of aryl methyl sites for hydroxylation is 1. The van der Waals surface area contributed by atoms with Crippen LogP contribution in [-0.2, 0) is 0 Å². The maximum Gasteiger partial charge on any atom is 0.130 e. The van der Waals surface area contributed by atoms with Crippen molar-refractivity contribution < 1.29 is 0 Å². The Morgan fingerprint density at radius 2 is 2.31 bits per heavy atom. The first-order valence-corrected chi connectivity index (χ1v) is 5.40. The maximum atomic E-state index is 5.98. The van der Waals surface area contributed by atoms with Gasteiger partial charge in [-0.3, -0.25) is 0 Å². The maximum absolute atomic E-state index is 5.98. The van der Waals surface area contributed by atoms with Gasteiger partial charge in [-0.2, -0.15) is 0 Å². The van der Waals surface area contributed by atoms with Gasteiger partial charge in [-0.05, 0) is 31.5 Å². The molecule has 0 fully saturated rings. The molecule has 0 radical (unpaired) electrons. The monoisotopic (exact) mass is 194 g/mol. The second-order valence-electron chi connectivity index (χ2n) is 3.27. The van der Waals surface area contributed by atoms with Gasteiger partial charge < -0.3 is 10.6 Å². The van der Waals surface area contributed by atoms with Crippen LogP contribution < -0.4 is 10.6 Å². The van der Waals surface area contributed by atoms with Crippen molar-refractivity contribution in [1.82, 2.24) is 0 Å². The van der Waals surface area contributed by atoms with Crippen LogP contribution in [0, 0.1) is 6.92 Å². The molecule has 3 heteroatoms. The van der Waals surface area contributed by atoms with Crippen molar-refractivity contribution in [3.05, 3.63) is 23.8 Å². The number of nitrogens with two attached hydrogens (primary N) is 1. The van der Waals surface area contributed by atoms with Gasteiger partial charge in [-0.1, -0.05) is 17.8 Å². The molecule has 1 heterocycles. The van der Waals surface area contributed by atoms with Gasteiger partial charge in [0.1, 0.15) is 5.50 Å². The summed E-state index contributed by atoms with van der Waals surface area (Å²) in [6.07, 6.45) is 0. The SMILES string of the molecule is CCN1c2ccc(C)cc2SC1N. The molecule has 1 unspecified atom stereocenters. The van der Waals surface area contributed by atoms with E-state index in [0.29, 0.717) is 0 Å². The van der Waals surface area contributed by atoms with Crippen LogP contribution in [0.4, 0.5) is 5.69 Å². The Hall–Kier alpha value is -0.670. The lowest BCUT2D eigenvalue weighted by Gasteiger charge is -2.20. The Morgan fingerprint density at radius 1 is 1.54 bits per heavy atom. The van der Waals surface area contributed by atoms with E-state index in [1.165, 1.54) is 16.1 Å². The molecule has 0 spiro atoms. The Balaban J connectivity index is 2.42. The van der Waals surface area contributed by atoms with Crippen LogP contribution >= 0.6 is 11.8 Å². The summed E-state index contributed by atoms with van der Waals surface area (Å²) in [4.78, 5) is 3.54.